The van der Waals surface area contributed by atoms with E-state index in [0.29, 0.717) is 29.2 Å². The van der Waals surface area contributed by atoms with Crippen molar-refractivity contribution < 1.29 is 19.1 Å². The van der Waals surface area contributed by atoms with Gasteiger partial charge in [0.1, 0.15) is 25.0 Å². The summed E-state index contributed by atoms with van der Waals surface area (Å²) >= 11 is 0. The van der Waals surface area contributed by atoms with Crippen LogP contribution in [0.25, 0.3) is 0 Å². The molecule has 0 spiro atoms. The van der Waals surface area contributed by atoms with Crippen molar-refractivity contribution >= 4 is 11.7 Å². The second-order valence-electron chi connectivity index (χ2n) is 4.80. The number of methoxy groups -OCH3 is 1. The van der Waals surface area contributed by atoms with Gasteiger partial charge < -0.3 is 14.3 Å². The van der Waals surface area contributed by atoms with E-state index in [2.05, 4.69) is 5.16 Å². The standard InChI is InChI=1S/C18H19NO4/c1-13(19-22-3)15-10-7-11-16(17(15)18(20)21-2)23-12-14-8-5-4-6-9-14/h4-11H,12H2,1-3H3/b19-13+. The zero-order valence-corrected chi connectivity index (χ0v) is 13.4. The molecule has 0 atom stereocenters. The van der Waals surface area contributed by atoms with Crippen LogP contribution in [-0.2, 0) is 16.2 Å². The SMILES string of the molecule is CO/N=C(\C)c1cccc(OCc2ccccc2)c1C(=O)OC. The Balaban J connectivity index is 2.36. The van der Waals surface area contributed by atoms with Crippen LogP contribution < -0.4 is 4.74 Å². The third-order valence-electron chi connectivity index (χ3n) is 3.27. The summed E-state index contributed by atoms with van der Waals surface area (Å²) in [6.07, 6.45) is 0. The van der Waals surface area contributed by atoms with Gasteiger partial charge in [0.15, 0.2) is 0 Å². The first-order valence-corrected chi connectivity index (χ1v) is 7.13. The Bertz CT molecular complexity index is 695. The van der Waals surface area contributed by atoms with Crippen LogP contribution in [-0.4, -0.2) is 25.9 Å². The number of esters is 1. The van der Waals surface area contributed by atoms with Crippen LogP contribution in [0.5, 0.6) is 5.75 Å². The van der Waals surface area contributed by atoms with Gasteiger partial charge in [-0.3, -0.25) is 0 Å². The zero-order chi connectivity index (χ0) is 16.7. The third kappa shape index (κ3) is 4.10. The van der Waals surface area contributed by atoms with Gasteiger partial charge in [0.25, 0.3) is 0 Å². The van der Waals surface area contributed by atoms with E-state index in [1.807, 2.05) is 30.3 Å². The molecule has 2 aromatic rings. The maximum Gasteiger partial charge on any atom is 0.342 e. The predicted molar refractivity (Wildman–Crippen MR) is 87.8 cm³/mol. The Morgan fingerprint density at radius 3 is 2.43 bits per heavy atom. The first-order chi connectivity index (χ1) is 11.2. The highest BCUT2D eigenvalue weighted by Crippen LogP contribution is 2.25. The second-order valence-corrected chi connectivity index (χ2v) is 4.80. The molecule has 5 heteroatoms. The second kappa shape index (κ2) is 7.98. The number of ether oxygens (including phenoxy) is 2. The van der Waals surface area contributed by atoms with Crippen LogP contribution in [0.2, 0.25) is 0 Å². The van der Waals surface area contributed by atoms with E-state index >= 15 is 0 Å². The Morgan fingerprint density at radius 1 is 1.04 bits per heavy atom. The number of carbonyl (C=O) groups is 1. The summed E-state index contributed by atoms with van der Waals surface area (Å²) in [5.74, 6) is -0.0295. The van der Waals surface area contributed by atoms with Gasteiger partial charge in [-0.15, -0.1) is 0 Å². The number of carbonyl (C=O) groups excluding carboxylic acids is 1. The predicted octanol–water partition coefficient (Wildman–Crippen LogP) is 3.42. The quantitative estimate of drug-likeness (QED) is 0.466. The number of hydrogen-bond donors (Lipinski definition) is 0. The Hall–Kier alpha value is -2.82. The van der Waals surface area contributed by atoms with Crippen molar-refractivity contribution in [3.05, 3.63) is 65.2 Å². The van der Waals surface area contributed by atoms with Crippen molar-refractivity contribution in [2.75, 3.05) is 14.2 Å². The highest BCUT2D eigenvalue weighted by atomic mass is 16.6. The number of oxime groups is 1. The summed E-state index contributed by atoms with van der Waals surface area (Å²) in [4.78, 5) is 17.0. The van der Waals surface area contributed by atoms with E-state index < -0.39 is 5.97 Å². The van der Waals surface area contributed by atoms with Crippen LogP contribution in [0.3, 0.4) is 0 Å². The molecule has 0 radical (unpaired) electrons. The fraction of sp³-hybridized carbons (Fsp3) is 0.222. The average Bonchev–Trinajstić information content (AvgIpc) is 2.60. The van der Waals surface area contributed by atoms with Gasteiger partial charge in [0.05, 0.1) is 12.8 Å². The summed E-state index contributed by atoms with van der Waals surface area (Å²) < 4.78 is 10.7. The van der Waals surface area contributed by atoms with Gasteiger partial charge >= 0.3 is 5.97 Å². The number of benzene rings is 2. The highest BCUT2D eigenvalue weighted by Gasteiger charge is 2.20. The molecule has 0 fully saturated rings. The van der Waals surface area contributed by atoms with Crippen LogP contribution in [0.15, 0.2) is 53.7 Å². The van der Waals surface area contributed by atoms with E-state index in [1.165, 1.54) is 14.2 Å². The molecular formula is C18H19NO4. The van der Waals surface area contributed by atoms with Crippen molar-refractivity contribution in [3.8, 4) is 5.75 Å². The summed E-state index contributed by atoms with van der Waals surface area (Å²) in [5.41, 5.74) is 2.53. The van der Waals surface area contributed by atoms with Crippen molar-refractivity contribution in [2.24, 2.45) is 5.16 Å². The largest absolute Gasteiger partial charge is 0.488 e. The molecule has 5 nitrogen and oxygen atoms in total. The maximum atomic E-state index is 12.2. The van der Waals surface area contributed by atoms with E-state index in [9.17, 15) is 4.79 Å². The first kappa shape index (κ1) is 16.5. The summed E-state index contributed by atoms with van der Waals surface area (Å²) in [6, 6.07) is 15.0. The number of nitrogens with zero attached hydrogens (tertiary/aromatic N) is 1. The van der Waals surface area contributed by atoms with Gasteiger partial charge in [-0.05, 0) is 18.6 Å². The molecule has 0 aliphatic rings. The Labute approximate surface area is 135 Å². The lowest BCUT2D eigenvalue weighted by Gasteiger charge is -2.14. The van der Waals surface area contributed by atoms with E-state index in [0.717, 1.165) is 5.56 Å². The van der Waals surface area contributed by atoms with E-state index in [-0.39, 0.29) is 0 Å². The molecule has 0 aliphatic heterocycles. The fourth-order valence-electron chi connectivity index (χ4n) is 2.19. The van der Waals surface area contributed by atoms with Gasteiger partial charge in [-0.2, -0.15) is 0 Å². The Kier molecular flexibility index (Phi) is 5.74. The molecule has 120 valence electrons. The molecular weight excluding hydrogens is 294 g/mol. The lowest BCUT2D eigenvalue weighted by molar-refractivity contribution is 0.0595. The van der Waals surface area contributed by atoms with Gasteiger partial charge in [-0.1, -0.05) is 47.6 Å². The molecule has 0 heterocycles. The van der Waals surface area contributed by atoms with Crippen LogP contribution in [0.4, 0.5) is 0 Å². The molecule has 0 N–H and O–H groups in total. The van der Waals surface area contributed by atoms with Gasteiger partial charge in [0, 0.05) is 5.56 Å². The van der Waals surface area contributed by atoms with E-state index in [4.69, 9.17) is 14.3 Å². The molecule has 0 saturated heterocycles. The highest BCUT2D eigenvalue weighted by molar-refractivity contribution is 6.09. The normalized spacial score (nSPS) is 11.0. The van der Waals surface area contributed by atoms with Crippen molar-refractivity contribution in [3.63, 3.8) is 0 Å². The average molecular weight is 313 g/mol. The number of hydrogen-bond acceptors (Lipinski definition) is 5. The van der Waals surface area contributed by atoms with Gasteiger partial charge in [0.2, 0.25) is 0 Å². The summed E-state index contributed by atoms with van der Waals surface area (Å²) in [7, 11) is 2.79. The minimum Gasteiger partial charge on any atom is -0.488 e. The molecule has 0 saturated carbocycles. The monoisotopic (exact) mass is 313 g/mol. The minimum absolute atomic E-state index is 0.337. The van der Waals surface area contributed by atoms with Crippen molar-refractivity contribution in [2.45, 2.75) is 13.5 Å². The van der Waals surface area contributed by atoms with E-state index in [1.54, 1.807) is 25.1 Å². The van der Waals surface area contributed by atoms with Crippen molar-refractivity contribution in [1.82, 2.24) is 0 Å². The fourth-order valence-corrected chi connectivity index (χ4v) is 2.19. The minimum atomic E-state index is -0.477. The first-order valence-electron chi connectivity index (χ1n) is 7.13. The Morgan fingerprint density at radius 2 is 1.78 bits per heavy atom. The molecule has 2 aromatic carbocycles. The van der Waals surface area contributed by atoms with Gasteiger partial charge in [-0.25, -0.2) is 4.79 Å². The smallest absolute Gasteiger partial charge is 0.342 e. The topological polar surface area (TPSA) is 57.1 Å². The van der Waals surface area contributed by atoms with Crippen LogP contribution in [0.1, 0.15) is 28.4 Å². The third-order valence-corrected chi connectivity index (χ3v) is 3.27. The summed E-state index contributed by atoms with van der Waals surface area (Å²) in [5, 5.41) is 3.88. The molecule has 0 bridgehead atoms. The van der Waals surface area contributed by atoms with Crippen molar-refractivity contribution in [1.29, 1.82) is 0 Å². The molecule has 0 aromatic heterocycles. The molecule has 2 rings (SSSR count). The molecule has 0 amide bonds. The van der Waals surface area contributed by atoms with Crippen LogP contribution in [0, 0.1) is 0 Å². The zero-order valence-electron chi connectivity index (χ0n) is 13.4. The van der Waals surface area contributed by atoms with Crippen LogP contribution >= 0.6 is 0 Å². The lowest BCUT2D eigenvalue weighted by Crippen LogP contribution is -2.12. The lowest BCUT2D eigenvalue weighted by atomic mass is 10.0. The molecule has 23 heavy (non-hydrogen) atoms. The molecule has 0 unspecified atom stereocenters. The summed E-state index contributed by atoms with van der Waals surface area (Å²) in [6.45, 7) is 2.11. The molecule has 0 aliphatic carbocycles. The maximum absolute atomic E-state index is 12.2. The number of rotatable bonds is 6.